The molecule has 0 amide bonds. The predicted molar refractivity (Wildman–Crippen MR) is 89.6 cm³/mol. The Hall–Kier alpha value is -1.91. The number of anilines is 1. The van der Waals surface area contributed by atoms with Gasteiger partial charge in [-0.1, -0.05) is 24.3 Å². The van der Waals surface area contributed by atoms with Crippen LogP contribution in [-0.4, -0.2) is 15.9 Å². The Morgan fingerprint density at radius 1 is 1.10 bits per heavy atom. The van der Waals surface area contributed by atoms with Crippen molar-refractivity contribution < 1.29 is 5.11 Å². The van der Waals surface area contributed by atoms with Crippen LogP contribution in [0.15, 0.2) is 53.6 Å². The molecule has 3 rings (SSSR count). The van der Waals surface area contributed by atoms with Crippen molar-refractivity contribution in [3.8, 4) is 0 Å². The summed E-state index contributed by atoms with van der Waals surface area (Å²) in [7, 11) is 0. The Labute approximate surface area is 128 Å². The van der Waals surface area contributed by atoms with Gasteiger partial charge in [-0.15, -0.1) is 11.8 Å². The Bertz CT molecular complexity index is 762. The highest BCUT2D eigenvalue weighted by molar-refractivity contribution is 7.98. The normalized spacial score (nSPS) is 11.1. The van der Waals surface area contributed by atoms with Crippen LogP contribution in [0.1, 0.15) is 11.1 Å². The average molecular weight is 298 g/mol. The van der Waals surface area contributed by atoms with E-state index < -0.39 is 0 Å². The molecule has 3 nitrogen and oxygen atoms in total. The van der Waals surface area contributed by atoms with Crippen molar-refractivity contribution in [1.82, 2.24) is 4.57 Å². The summed E-state index contributed by atoms with van der Waals surface area (Å²) >= 11 is 1.72. The minimum Gasteiger partial charge on any atom is -0.399 e. The summed E-state index contributed by atoms with van der Waals surface area (Å²) in [4.78, 5) is 1.21. The van der Waals surface area contributed by atoms with Crippen LogP contribution < -0.4 is 5.73 Å². The van der Waals surface area contributed by atoms with Gasteiger partial charge in [0.15, 0.2) is 0 Å². The fraction of sp³-hybridized carbons (Fsp3) is 0.176. The highest BCUT2D eigenvalue weighted by Gasteiger charge is 2.07. The summed E-state index contributed by atoms with van der Waals surface area (Å²) in [5, 5.41) is 10.3. The maximum atomic E-state index is 9.09. The van der Waals surface area contributed by atoms with Crippen molar-refractivity contribution in [1.29, 1.82) is 0 Å². The average Bonchev–Trinajstić information content (AvgIpc) is 2.90. The third-order valence-electron chi connectivity index (χ3n) is 3.65. The molecule has 0 unspecified atom stereocenters. The van der Waals surface area contributed by atoms with Crippen LogP contribution in [0, 0.1) is 0 Å². The number of hydrogen-bond acceptors (Lipinski definition) is 3. The number of aliphatic hydroxyl groups is 1. The van der Waals surface area contributed by atoms with Gasteiger partial charge in [-0.05, 0) is 35.6 Å². The zero-order valence-corrected chi connectivity index (χ0v) is 12.7. The fourth-order valence-electron chi connectivity index (χ4n) is 2.54. The van der Waals surface area contributed by atoms with Crippen LogP contribution in [0.25, 0.3) is 10.9 Å². The first-order valence-corrected chi connectivity index (χ1v) is 8.05. The molecule has 0 atom stereocenters. The summed E-state index contributed by atoms with van der Waals surface area (Å²) in [5.41, 5.74) is 10.1. The molecule has 0 saturated heterocycles. The smallest absolute Gasteiger partial charge is 0.0681 e. The first-order chi connectivity index (χ1) is 10.2. The van der Waals surface area contributed by atoms with E-state index in [-0.39, 0.29) is 6.61 Å². The molecular formula is C17H18N2OS. The highest BCUT2D eigenvalue weighted by Crippen LogP contribution is 2.30. The van der Waals surface area contributed by atoms with Gasteiger partial charge in [0.05, 0.1) is 12.1 Å². The van der Waals surface area contributed by atoms with Crippen LogP contribution >= 0.6 is 11.8 Å². The van der Waals surface area contributed by atoms with Crippen molar-refractivity contribution in [3.05, 3.63) is 59.8 Å². The molecule has 0 bridgehead atoms. The van der Waals surface area contributed by atoms with Crippen LogP contribution in [0.3, 0.4) is 0 Å². The summed E-state index contributed by atoms with van der Waals surface area (Å²) < 4.78 is 2.21. The van der Waals surface area contributed by atoms with Gasteiger partial charge in [-0.3, -0.25) is 0 Å². The molecule has 4 heteroatoms. The Morgan fingerprint density at radius 3 is 2.48 bits per heavy atom. The van der Waals surface area contributed by atoms with Crippen molar-refractivity contribution in [2.24, 2.45) is 0 Å². The van der Waals surface area contributed by atoms with Gasteiger partial charge in [-0.25, -0.2) is 0 Å². The van der Waals surface area contributed by atoms with Crippen LogP contribution in [0.2, 0.25) is 0 Å². The monoisotopic (exact) mass is 298 g/mol. The van der Waals surface area contributed by atoms with Gasteiger partial charge in [0.25, 0.3) is 0 Å². The maximum absolute atomic E-state index is 9.09. The third kappa shape index (κ3) is 2.77. The van der Waals surface area contributed by atoms with Gasteiger partial charge < -0.3 is 15.4 Å². The second-order valence-electron chi connectivity index (χ2n) is 5.07. The molecule has 1 heterocycles. The van der Waals surface area contributed by atoms with Crippen LogP contribution in [0.4, 0.5) is 5.69 Å². The molecule has 0 saturated carbocycles. The molecule has 2 aromatic carbocycles. The van der Waals surface area contributed by atoms with E-state index in [2.05, 4.69) is 35.2 Å². The number of benzene rings is 2. The molecular weight excluding hydrogens is 280 g/mol. The molecule has 3 aromatic rings. The molecule has 0 aliphatic carbocycles. The molecule has 0 aliphatic rings. The summed E-state index contributed by atoms with van der Waals surface area (Å²) in [5.74, 6) is 0. The second kappa shape index (κ2) is 5.84. The number of nitrogens with two attached hydrogens (primary N) is 1. The summed E-state index contributed by atoms with van der Waals surface area (Å²) in [6.45, 7) is 0.882. The molecule has 21 heavy (non-hydrogen) atoms. The Balaban J connectivity index is 1.98. The maximum Gasteiger partial charge on any atom is 0.0681 e. The first-order valence-electron chi connectivity index (χ1n) is 6.82. The fourth-order valence-corrected chi connectivity index (χ4v) is 3.18. The predicted octanol–water partition coefficient (Wildman–Crippen LogP) is 3.49. The van der Waals surface area contributed by atoms with E-state index in [1.165, 1.54) is 15.8 Å². The van der Waals surface area contributed by atoms with Crippen molar-refractivity contribution in [2.75, 3.05) is 12.0 Å². The lowest BCUT2D eigenvalue weighted by Gasteiger charge is -2.08. The van der Waals surface area contributed by atoms with E-state index in [0.29, 0.717) is 0 Å². The van der Waals surface area contributed by atoms with Crippen molar-refractivity contribution in [3.63, 3.8) is 0 Å². The lowest BCUT2D eigenvalue weighted by Crippen LogP contribution is -1.99. The summed E-state index contributed by atoms with van der Waals surface area (Å²) in [6.07, 6.45) is 4.17. The number of rotatable bonds is 4. The second-order valence-corrected chi connectivity index (χ2v) is 5.92. The topological polar surface area (TPSA) is 51.2 Å². The van der Waals surface area contributed by atoms with E-state index in [4.69, 9.17) is 10.8 Å². The molecule has 0 spiro atoms. The molecule has 108 valence electrons. The number of aliphatic hydroxyl groups excluding tert-OH is 1. The van der Waals surface area contributed by atoms with Gasteiger partial charge in [0.2, 0.25) is 0 Å². The first kappa shape index (κ1) is 14.0. The van der Waals surface area contributed by atoms with Gasteiger partial charge >= 0.3 is 0 Å². The minimum atomic E-state index is 0.0837. The molecule has 0 fully saturated rings. The number of hydrogen-bond donors (Lipinski definition) is 2. The van der Waals surface area contributed by atoms with Gasteiger partial charge in [0.1, 0.15) is 0 Å². The van der Waals surface area contributed by atoms with E-state index in [0.717, 1.165) is 23.3 Å². The Morgan fingerprint density at radius 2 is 1.81 bits per heavy atom. The molecule has 0 radical (unpaired) electrons. The lowest BCUT2D eigenvalue weighted by atomic mass is 10.1. The Kier molecular flexibility index (Phi) is 3.90. The van der Waals surface area contributed by atoms with Crippen molar-refractivity contribution in [2.45, 2.75) is 18.0 Å². The van der Waals surface area contributed by atoms with E-state index in [1.807, 2.05) is 24.3 Å². The van der Waals surface area contributed by atoms with Gasteiger partial charge in [0, 0.05) is 28.7 Å². The SMILES string of the molecule is CSc1cc(N)cc2c1ccn2Cc1ccc(CO)cc1. The lowest BCUT2D eigenvalue weighted by molar-refractivity contribution is 0.282. The number of nitrogen functional groups attached to an aromatic ring is 1. The zero-order chi connectivity index (χ0) is 14.8. The standard InChI is InChI=1S/C17H18N2OS/c1-21-17-9-14(18)8-16-15(17)6-7-19(16)10-12-2-4-13(11-20)5-3-12/h2-9,20H,10-11,18H2,1H3. The quantitative estimate of drug-likeness (QED) is 0.572. The summed E-state index contributed by atoms with van der Waals surface area (Å²) in [6, 6.07) is 14.2. The molecule has 1 aromatic heterocycles. The zero-order valence-electron chi connectivity index (χ0n) is 11.9. The number of fused-ring (bicyclic) bond motifs is 1. The molecule has 3 N–H and O–H groups in total. The largest absolute Gasteiger partial charge is 0.399 e. The van der Waals surface area contributed by atoms with Crippen LogP contribution in [0.5, 0.6) is 0 Å². The number of aromatic nitrogens is 1. The molecule has 0 aliphatic heterocycles. The minimum absolute atomic E-state index is 0.0837. The van der Waals surface area contributed by atoms with E-state index >= 15 is 0 Å². The van der Waals surface area contributed by atoms with E-state index in [1.54, 1.807) is 11.8 Å². The van der Waals surface area contributed by atoms with Crippen molar-refractivity contribution >= 4 is 28.4 Å². The number of thioether (sulfide) groups is 1. The number of nitrogens with zero attached hydrogens (tertiary/aromatic N) is 1. The van der Waals surface area contributed by atoms with Gasteiger partial charge in [-0.2, -0.15) is 0 Å². The van der Waals surface area contributed by atoms with Crippen LogP contribution in [-0.2, 0) is 13.2 Å². The van der Waals surface area contributed by atoms with E-state index in [9.17, 15) is 0 Å². The highest BCUT2D eigenvalue weighted by atomic mass is 32.2. The third-order valence-corrected chi connectivity index (χ3v) is 4.43.